The Bertz CT molecular complexity index is 920. The highest BCUT2D eigenvalue weighted by Gasteiger charge is 2.22. The number of amides is 1. The number of carbonyl (C=O) groups excluding carboxylic acids is 1. The lowest BCUT2D eigenvalue weighted by Gasteiger charge is -2.21. The van der Waals surface area contributed by atoms with Crippen LogP contribution in [0.3, 0.4) is 0 Å². The van der Waals surface area contributed by atoms with Crippen molar-refractivity contribution in [3.05, 3.63) is 48.0 Å². The Kier molecular flexibility index (Phi) is 5.90. The van der Waals surface area contributed by atoms with Crippen molar-refractivity contribution >= 4 is 17.7 Å². The predicted octanol–water partition coefficient (Wildman–Crippen LogP) is 2.11. The number of aryl methyl sites for hydroxylation is 2. The number of carbonyl (C=O) groups is 1. The zero-order valence-electron chi connectivity index (χ0n) is 15.9. The van der Waals surface area contributed by atoms with E-state index in [4.69, 9.17) is 0 Å². The number of imidazole rings is 1. The van der Waals surface area contributed by atoms with Crippen LogP contribution in [0.1, 0.15) is 18.3 Å². The fraction of sp³-hybridized carbons (Fsp3) is 0.389. The molecule has 142 valence electrons. The summed E-state index contributed by atoms with van der Waals surface area (Å²) in [5, 5.41) is 12.2. The van der Waals surface area contributed by atoms with Gasteiger partial charge in [-0.25, -0.2) is 4.98 Å². The smallest absolute Gasteiger partial charge is 0.235 e. The Morgan fingerprint density at radius 1 is 1.33 bits per heavy atom. The molecule has 0 saturated heterocycles. The van der Waals surface area contributed by atoms with Crippen molar-refractivity contribution in [2.75, 3.05) is 13.6 Å². The van der Waals surface area contributed by atoms with E-state index in [1.165, 1.54) is 11.8 Å². The van der Waals surface area contributed by atoms with E-state index in [1.807, 2.05) is 62.8 Å². The number of thioether (sulfide) groups is 1. The van der Waals surface area contributed by atoms with Gasteiger partial charge in [-0.05, 0) is 48.9 Å². The first kappa shape index (κ1) is 19.1. The average molecular weight is 385 g/mol. The number of hydrogen-bond acceptors (Lipinski definition) is 6. The fourth-order valence-electron chi connectivity index (χ4n) is 2.70. The summed E-state index contributed by atoms with van der Waals surface area (Å²) in [6.07, 6.45) is 3.68. The van der Waals surface area contributed by atoms with E-state index >= 15 is 0 Å². The van der Waals surface area contributed by atoms with Gasteiger partial charge >= 0.3 is 0 Å². The van der Waals surface area contributed by atoms with Gasteiger partial charge in [-0.2, -0.15) is 4.68 Å². The topological polar surface area (TPSA) is 81.7 Å². The summed E-state index contributed by atoms with van der Waals surface area (Å²) in [6, 6.07) is 7.93. The number of aromatic nitrogens is 6. The largest absolute Gasteiger partial charge is 0.343 e. The van der Waals surface area contributed by atoms with Crippen molar-refractivity contribution in [1.29, 1.82) is 0 Å². The Morgan fingerprint density at radius 2 is 2.15 bits per heavy atom. The molecule has 8 nitrogen and oxygen atoms in total. The number of hydrogen-bond donors (Lipinski definition) is 0. The van der Waals surface area contributed by atoms with Crippen molar-refractivity contribution in [3.63, 3.8) is 0 Å². The Balaban J connectivity index is 1.63. The molecule has 9 heteroatoms. The van der Waals surface area contributed by atoms with E-state index in [2.05, 4.69) is 20.5 Å². The predicted molar refractivity (Wildman–Crippen MR) is 104 cm³/mol. The number of likely N-dealkylation sites (N-methyl/N-ethyl adjacent to an activating group) is 1. The highest BCUT2D eigenvalue weighted by molar-refractivity contribution is 8.00. The van der Waals surface area contributed by atoms with Gasteiger partial charge in [0.05, 0.1) is 10.9 Å². The molecule has 1 atom stereocenters. The molecule has 27 heavy (non-hydrogen) atoms. The van der Waals surface area contributed by atoms with Gasteiger partial charge in [0.25, 0.3) is 0 Å². The maximum absolute atomic E-state index is 12.7. The summed E-state index contributed by atoms with van der Waals surface area (Å²) in [4.78, 5) is 18.7. The minimum Gasteiger partial charge on any atom is -0.343 e. The van der Waals surface area contributed by atoms with Gasteiger partial charge in [0.15, 0.2) is 0 Å². The van der Waals surface area contributed by atoms with Crippen LogP contribution in [0.15, 0.2) is 41.8 Å². The lowest BCUT2D eigenvalue weighted by molar-refractivity contribution is -0.129. The second-order valence-electron chi connectivity index (χ2n) is 6.40. The van der Waals surface area contributed by atoms with Gasteiger partial charge in [-0.3, -0.25) is 4.79 Å². The highest BCUT2D eigenvalue weighted by Crippen LogP contribution is 2.24. The molecule has 0 bridgehead atoms. The van der Waals surface area contributed by atoms with E-state index in [1.54, 1.807) is 15.8 Å². The fourth-order valence-corrected chi connectivity index (χ4v) is 3.62. The third-order valence-electron chi connectivity index (χ3n) is 4.29. The molecule has 0 unspecified atom stereocenters. The maximum Gasteiger partial charge on any atom is 0.235 e. The molecule has 2 heterocycles. The van der Waals surface area contributed by atoms with Crippen LogP contribution >= 0.6 is 11.8 Å². The Hall–Kier alpha value is -2.68. The molecular weight excluding hydrogens is 362 g/mol. The van der Waals surface area contributed by atoms with Gasteiger partial charge < -0.3 is 9.47 Å². The van der Waals surface area contributed by atoms with E-state index in [0.717, 1.165) is 17.1 Å². The first-order valence-corrected chi connectivity index (χ1v) is 9.58. The van der Waals surface area contributed by atoms with E-state index in [0.29, 0.717) is 18.2 Å². The van der Waals surface area contributed by atoms with Crippen molar-refractivity contribution in [1.82, 2.24) is 34.7 Å². The van der Waals surface area contributed by atoms with Crippen LogP contribution < -0.4 is 0 Å². The minimum atomic E-state index is -0.298. The molecule has 3 aromatic rings. The van der Waals surface area contributed by atoms with Crippen LogP contribution in [-0.2, 0) is 11.3 Å². The monoisotopic (exact) mass is 385 g/mol. The van der Waals surface area contributed by atoms with Crippen LogP contribution in [-0.4, -0.2) is 59.4 Å². The third-order valence-corrected chi connectivity index (χ3v) is 5.31. The second-order valence-corrected chi connectivity index (χ2v) is 7.71. The molecule has 0 aliphatic rings. The Morgan fingerprint density at radius 3 is 2.85 bits per heavy atom. The van der Waals surface area contributed by atoms with Crippen molar-refractivity contribution in [2.45, 2.75) is 37.7 Å². The van der Waals surface area contributed by atoms with Crippen molar-refractivity contribution in [2.24, 2.45) is 0 Å². The van der Waals surface area contributed by atoms with E-state index < -0.39 is 0 Å². The van der Waals surface area contributed by atoms with Crippen LogP contribution in [0.5, 0.6) is 0 Å². The lowest BCUT2D eigenvalue weighted by Crippen LogP contribution is -2.35. The van der Waals surface area contributed by atoms with Crippen LogP contribution in [0.2, 0.25) is 0 Å². The van der Waals surface area contributed by atoms with E-state index in [-0.39, 0.29) is 11.2 Å². The van der Waals surface area contributed by atoms with Gasteiger partial charge in [0, 0.05) is 32.5 Å². The third kappa shape index (κ3) is 4.54. The molecule has 0 aliphatic heterocycles. The molecule has 0 aliphatic carbocycles. The molecule has 0 radical (unpaired) electrons. The molecule has 0 N–H and O–H groups in total. The Labute approximate surface area is 162 Å². The first-order valence-electron chi connectivity index (χ1n) is 8.70. The van der Waals surface area contributed by atoms with Crippen LogP contribution in [0, 0.1) is 13.8 Å². The van der Waals surface area contributed by atoms with E-state index in [9.17, 15) is 4.79 Å². The van der Waals surface area contributed by atoms with Crippen LogP contribution in [0.25, 0.3) is 5.69 Å². The van der Waals surface area contributed by atoms with Crippen LogP contribution in [0.4, 0.5) is 0 Å². The summed E-state index contributed by atoms with van der Waals surface area (Å²) in [7, 11) is 1.81. The first-order chi connectivity index (χ1) is 13.0. The molecule has 0 saturated carbocycles. The normalized spacial score (nSPS) is 12.1. The minimum absolute atomic E-state index is 0.0385. The molecule has 2 aromatic heterocycles. The summed E-state index contributed by atoms with van der Waals surface area (Å²) >= 11 is 1.36. The van der Waals surface area contributed by atoms with Gasteiger partial charge in [0.2, 0.25) is 11.1 Å². The molecule has 0 spiro atoms. The van der Waals surface area contributed by atoms with Gasteiger partial charge in [0.1, 0.15) is 5.82 Å². The lowest BCUT2D eigenvalue weighted by atomic mass is 10.2. The number of tetrazole rings is 1. The zero-order valence-corrected chi connectivity index (χ0v) is 16.7. The van der Waals surface area contributed by atoms with Gasteiger partial charge in [-0.1, -0.05) is 23.9 Å². The SMILES string of the molecule is Cc1cccc(-n2nnnc2S[C@@H](C)C(=O)N(C)CCn2ccnc2C)c1. The average Bonchev–Trinajstić information content (AvgIpc) is 3.27. The zero-order chi connectivity index (χ0) is 19.4. The second kappa shape index (κ2) is 8.34. The number of rotatable bonds is 7. The standard InChI is InChI=1S/C18H23N7OS/c1-13-6-5-7-16(12-13)25-18(20-21-22-25)27-14(2)17(26)23(4)10-11-24-9-8-19-15(24)3/h5-9,12,14H,10-11H2,1-4H3/t14-/m0/s1. The van der Waals surface area contributed by atoms with Crippen molar-refractivity contribution in [3.8, 4) is 5.69 Å². The summed E-state index contributed by atoms with van der Waals surface area (Å²) < 4.78 is 3.69. The summed E-state index contributed by atoms with van der Waals surface area (Å²) in [6.45, 7) is 7.17. The van der Waals surface area contributed by atoms with Crippen molar-refractivity contribution < 1.29 is 4.79 Å². The van der Waals surface area contributed by atoms with Gasteiger partial charge in [-0.15, -0.1) is 5.10 Å². The molecule has 3 rings (SSSR count). The highest BCUT2D eigenvalue weighted by atomic mass is 32.2. The quantitative estimate of drug-likeness (QED) is 0.580. The number of benzene rings is 1. The maximum atomic E-state index is 12.7. The summed E-state index contributed by atoms with van der Waals surface area (Å²) in [5.41, 5.74) is 2.00. The molecule has 0 fully saturated rings. The summed E-state index contributed by atoms with van der Waals surface area (Å²) in [5.74, 6) is 0.979. The molecule has 1 aromatic carbocycles. The molecular formula is C18H23N7OS. The number of nitrogens with zero attached hydrogens (tertiary/aromatic N) is 7. The molecule has 1 amide bonds.